The van der Waals surface area contributed by atoms with Gasteiger partial charge < -0.3 is 26.4 Å². The molecule has 0 aliphatic heterocycles. The van der Waals surface area contributed by atoms with Crippen LogP contribution >= 0.6 is 0 Å². The van der Waals surface area contributed by atoms with Crippen molar-refractivity contribution in [3.05, 3.63) is 12.2 Å². The lowest BCUT2D eigenvalue weighted by Crippen LogP contribution is -2.18. The van der Waals surface area contributed by atoms with Crippen LogP contribution in [0.15, 0.2) is 12.2 Å². The molecule has 2 aromatic heterocycles. The number of aliphatic hydroxyl groups is 1. The molecule has 0 aromatic carbocycles. The highest BCUT2D eigenvalue weighted by Gasteiger charge is 2.15. The Morgan fingerprint density at radius 1 is 1.00 bits per heavy atom. The van der Waals surface area contributed by atoms with Crippen LogP contribution in [0.4, 0.5) is 23.5 Å². The monoisotopic (exact) mass is 332 g/mol. The van der Waals surface area contributed by atoms with E-state index in [1.807, 2.05) is 6.92 Å². The molecule has 5 N–H and O–H groups in total. The summed E-state index contributed by atoms with van der Waals surface area (Å²) in [5.41, 5.74) is 2.17. The Morgan fingerprint density at radius 3 is 1.92 bits per heavy atom. The van der Waals surface area contributed by atoms with Crippen LogP contribution in [0.1, 0.15) is 13.8 Å². The summed E-state index contributed by atoms with van der Waals surface area (Å²) in [5, 5.41) is 21.6. The van der Waals surface area contributed by atoms with E-state index in [0.29, 0.717) is 47.7 Å². The maximum atomic E-state index is 9.41. The van der Waals surface area contributed by atoms with Crippen molar-refractivity contribution in [2.24, 2.45) is 0 Å². The highest BCUT2D eigenvalue weighted by atomic mass is 16.3. The predicted molar refractivity (Wildman–Crippen MR) is 97.7 cm³/mol. The fraction of sp³-hybridized carbons (Fsp3) is 0.467. The minimum atomic E-state index is -0.504. The molecule has 1 atom stereocenters. The van der Waals surface area contributed by atoms with Crippen molar-refractivity contribution in [2.75, 3.05) is 48.5 Å². The summed E-state index contributed by atoms with van der Waals surface area (Å²) in [6, 6.07) is 0. The summed E-state index contributed by atoms with van der Waals surface area (Å²) >= 11 is 0. The number of anilines is 4. The van der Waals surface area contributed by atoms with Gasteiger partial charge in [0.2, 0.25) is 11.9 Å². The van der Waals surface area contributed by atoms with Crippen LogP contribution in [0, 0.1) is 0 Å². The van der Waals surface area contributed by atoms with Crippen LogP contribution in [0.2, 0.25) is 0 Å². The second kappa shape index (κ2) is 7.73. The van der Waals surface area contributed by atoms with Crippen LogP contribution in [0.5, 0.6) is 0 Å². The van der Waals surface area contributed by atoms with Crippen molar-refractivity contribution >= 4 is 34.6 Å². The third kappa shape index (κ3) is 4.19. The summed E-state index contributed by atoms with van der Waals surface area (Å²) < 4.78 is 0. The molecule has 0 fully saturated rings. The summed E-state index contributed by atoms with van der Waals surface area (Å²) in [6.07, 6.45) is -0.504. The van der Waals surface area contributed by atoms with Crippen molar-refractivity contribution in [3.63, 3.8) is 0 Å². The van der Waals surface area contributed by atoms with Gasteiger partial charge >= 0.3 is 0 Å². The summed E-state index contributed by atoms with van der Waals surface area (Å²) in [7, 11) is 3.54. The zero-order valence-electron chi connectivity index (χ0n) is 14.4. The van der Waals surface area contributed by atoms with E-state index in [1.54, 1.807) is 21.0 Å². The Balaban J connectivity index is 2.49. The highest BCUT2D eigenvalue weighted by molar-refractivity contribution is 5.94. The number of fused-ring (bicyclic) bond motifs is 1. The average molecular weight is 332 g/mol. The number of aromatic nitrogens is 4. The van der Waals surface area contributed by atoms with Crippen LogP contribution in [0.25, 0.3) is 11.0 Å². The number of hydrogen-bond acceptors (Lipinski definition) is 9. The van der Waals surface area contributed by atoms with Gasteiger partial charge in [0.15, 0.2) is 11.6 Å². The van der Waals surface area contributed by atoms with Crippen LogP contribution in [-0.4, -0.2) is 58.3 Å². The Bertz CT molecular complexity index is 731. The first-order valence-corrected chi connectivity index (χ1v) is 7.70. The molecule has 2 heterocycles. The Kier molecular flexibility index (Phi) is 5.69. The number of nitrogens with one attached hydrogen (secondary N) is 4. The Labute approximate surface area is 141 Å². The van der Waals surface area contributed by atoms with Gasteiger partial charge in [0.05, 0.1) is 6.10 Å². The van der Waals surface area contributed by atoms with Gasteiger partial charge in [-0.2, -0.15) is 9.97 Å². The molecule has 130 valence electrons. The molecule has 9 nitrogen and oxygen atoms in total. The van der Waals surface area contributed by atoms with Crippen LogP contribution < -0.4 is 21.3 Å². The SMILES string of the molecule is C=C(C)CNc1nc(NC)c2nc(NC[C@@H](C)O)nc(NC)c2n1. The summed E-state index contributed by atoms with van der Waals surface area (Å²) in [5.74, 6) is 2.03. The number of hydrogen-bond donors (Lipinski definition) is 5. The van der Waals surface area contributed by atoms with Crippen molar-refractivity contribution < 1.29 is 5.11 Å². The lowest BCUT2D eigenvalue weighted by atomic mass is 10.3. The first-order valence-electron chi connectivity index (χ1n) is 7.70. The van der Waals surface area contributed by atoms with Gasteiger partial charge in [-0.15, -0.1) is 0 Å². The van der Waals surface area contributed by atoms with E-state index in [1.165, 1.54) is 0 Å². The normalized spacial score (nSPS) is 11.9. The third-order valence-electron chi connectivity index (χ3n) is 3.12. The van der Waals surface area contributed by atoms with Crippen molar-refractivity contribution in [3.8, 4) is 0 Å². The van der Waals surface area contributed by atoms with Crippen molar-refractivity contribution in [1.29, 1.82) is 0 Å². The topological polar surface area (TPSA) is 120 Å². The summed E-state index contributed by atoms with van der Waals surface area (Å²) in [6.45, 7) is 8.40. The molecular formula is C15H24N8O. The van der Waals surface area contributed by atoms with Crippen molar-refractivity contribution in [2.45, 2.75) is 20.0 Å². The second-order valence-corrected chi connectivity index (χ2v) is 5.53. The van der Waals surface area contributed by atoms with Gasteiger partial charge in [0.1, 0.15) is 11.0 Å². The fourth-order valence-corrected chi connectivity index (χ4v) is 1.99. The largest absolute Gasteiger partial charge is 0.392 e. The number of nitrogens with zero attached hydrogens (tertiary/aromatic N) is 4. The molecule has 0 saturated carbocycles. The van der Waals surface area contributed by atoms with Gasteiger partial charge in [0, 0.05) is 27.2 Å². The molecule has 0 amide bonds. The van der Waals surface area contributed by atoms with Crippen molar-refractivity contribution in [1.82, 2.24) is 19.9 Å². The maximum Gasteiger partial charge on any atom is 0.225 e. The van der Waals surface area contributed by atoms with E-state index in [2.05, 4.69) is 47.8 Å². The quantitative estimate of drug-likeness (QED) is 0.455. The summed E-state index contributed by atoms with van der Waals surface area (Å²) in [4.78, 5) is 17.8. The predicted octanol–water partition coefficient (Wildman–Crippen LogP) is 1.28. The van der Waals surface area contributed by atoms with Gasteiger partial charge in [-0.25, -0.2) is 9.97 Å². The van der Waals surface area contributed by atoms with Gasteiger partial charge in [0.25, 0.3) is 0 Å². The van der Waals surface area contributed by atoms with E-state index < -0.39 is 6.10 Å². The van der Waals surface area contributed by atoms with E-state index >= 15 is 0 Å². The van der Waals surface area contributed by atoms with Gasteiger partial charge in [-0.05, 0) is 13.8 Å². The molecular weight excluding hydrogens is 308 g/mol. The zero-order valence-corrected chi connectivity index (χ0v) is 14.4. The molecule has 2 rings (SSSR count). The van der Waals surface area contributed by atoms with Gasteiger partial charge in [-0.3, -0.25) is 0 Å². The minimum Gasteiger partial charge on any atom is -0.392 e. The van der Waals surface area contributed by atoms with E-state index in [9.17, 15) is 5.11 Å². The lowest BCUT2D eigenvalue weighted by Gasteiger charge is -2.13. The molecule has 2 aromatic rings. The molecule has 0 aliphatic carbocycles. The van der Waals surface area contributed by atoms with E-state index in [-0.39, 0.29) is 0 Å². The highest BCUT2D eigenvalue weighted by Crippen LogP contribution is 2.26. The number of aliphatic hydroxyl groups excluding tert-OH is 1. The van der Waals surface area contributed by atoms with Gasteiger partial charge in [-0.1, -0.05) is 12.2 Å². The molecule has 9 heteroatoms. The molecule has 0 unspecified atom stereocenters. The maximum absolute atomic E-state index is 9.41. The molecule has 24 heavy (non-hydrogen) atoms. The first kappa shape index (κ1) is 17.7. The van der Waals surface area contributed by atoms with E-state index in [0.717, 1.165) is 5.57 Å². The molecule has 0 saturated heterocycles. The average Bonchev–Trinajstić information content (AvgIpc) is 2.56. The Hall–Kier alpha value is -2.68. The van der Waals surface area contributed by atoms with E-state index in [4.69, 9.17) is 0 Å². The molecule has 0 radical (unpaired) electrons. The number of rotatable bonds is 8. The fourth-order valence-electron chi connectivity index (χ4n) is 1.99. The molecule has 0 spiro atoms. The molecule has 0 aliphatic rings. The first-order chi connectivity index (χ1) is 11.4. The van der Waals surface area contributed by atoms with Crippen LogP contribution in [0.3, 0.4) is 0 Å². The smallest absolute Gasteiger partial charge is 0.225 e. The Morgan fingerprint density at radius 2 is 1.50 bits per heavy atom. The second-order valence-electron chi connectivity index (χ2n) is 5.53. The molecule has 0 bridgehead atoms. The van der Waals surface area contributed by atoms with Crippen LogP contribution in [-0.2, 0) is 0 Å². The minimum absolute atomic E-state index is 0.350. The third-order valence-corrected chi connectivity index (χ3v) is 3.12. The zero-order chi connectivity index (χ0) is 17.7. The standard InChI is InChI=1S/C15H24N8O/c1-8(2)6-18-14-20-10-11(12(16-4)22-14)21-15(19-7-9(3)24)23-13(10)17-5/h9,24H,1,6-7H2,2-5H3,(H2,16,18,20,22)(H2,17,19,21,23)/t9-/m1/s1. The lowest BCUT2D eigenvalue weighted by molar-refractivity contribution is 0.208.